The van der Waals surface area contributed by atoms with E-state index >= 15 is 0 Å². The van der Waals surface area contributed by atoms with Crippen LogP contribution in [-0.2, 0) is 18.9 Å². The smallest absolute Gasteiger partial charge is 0.191 e. The van der Waals surface area contributed by atoms with Gasteiger partial charge in [0, 0.05) is 17.7 Å². The largest absolute Gasteiger partial charge is 0.483 e. The van der Waals surface area contributed by atoms with Crippen LogP contribution < -0.4 is 4.74 Å². The van der Waals surface area contributed by atoms with E-state index in [1.165, 1.54) is 29.2 Å². The molecule has 9 heteroatoms. The maximum Gasteiger partial charge on any atom is 0.191 e. The normalized spacial score (nSPS) is 10.9. The molecule has 1 aromatic carbocycles. The van der Waals surface area contributed by atoms with E-state index in [0.717, 1.165) is 21.6 Å². The van der Waals surface area contributed by atoms with Crippen molar-refractivity contribution in [2.45, 2.75) is 24.1 Å². The van der Waals surface area contributed by atoms with Gasteiger partial charge in [-0.25, -0.2) is 9.37 Å². The zero-order chi connectivity index (χ0) is 20.1. The first-order valence-corrected chi connectivity index (χ1v) is 10.6. The Morgan fingerprint density at radius 1 is 1.24 bits per heavy atom. The van der Waals surface area contributed by atoms with Gasteiger partial charge in [-0.2, -0.15) is 0 Å². The summed E-state index contributed by atoms with van der Waals surface area (Å²) in [4.78, 5) is 4.60. The number of hydrogen-bond acceptors (Lipinski definition) is 7. The second kappa shape index (κ2) is 9.06. The van der Waals surface area contributed by atoms with Gasteiger partial charge in [-0.3, -0.25) is 4.57 Å². The van der Waals surface area contributed by atoms with Gasteiger partial charge in [0.15, 0.2) is 33.3 Å². The van der Waals surface area contributed by atoms with E-state index in [1.54, 1.807) is 30.5 Å². The highest BCUT2D eigenvalue weighted by Gasteiger charge is 2.15. The van der Waals surface area contributed by atoms with Gasteiger partial charge < -0.3 is 9.15 Å². The summed E-state index contributed by atoms with van der Waals surface area (Å²) in [5, 5.41) is 12.0. The van der Waals surface area contributed by atoms with Crippen LogP contribution in [0.2, 0.25) is 0 Å². The lowest BCUT2D eigenvalue weighted by Gasteiger charge is -2.09. The topological polar surface area (TPSA) is 66.0 Å². The minimum absolute atomic E-state index is 0.113. The third-order valence-electron chi connectivity index (χ3n) is 3.93. The maximum absolute atomic E-state index is 13.8. The molecule has 0 N–H and O–H groups in total. The minimum Gasteiger partial charge on any atom is -0.483 e. The average molecular weight is 429 g/mol. The van der Waals surface area contributed by atoms with E-state index in [9.17, 15) is 4.39 Å². The third kappa shape index (κ3) is 4.57. The van der Waals surface area contributed by atoms with Crippen LogP contribution in [-0.4, -0.2) is 19.7 Å². The Bertz CT molecular complexity index is 1090. The number of thioether (sulfide) groups is 1. The fourth-order valence-electron chi connectivity index (χ4n) is 2.57. The maximum atomic E-state index is 13.8. The molecule has 0 amide bonds. The molecule has 0 aliphatic heterocycles. The first kappa shape index (κ1) is 19.4. The van der Waals surface area contributed by atoms with Gasteiger partial charge in [-0.15, -0.1) is 28.1 Å². The number of allylic oxidation sites excluding steroid dienone is 1. The van der Waals surface area contributed by atoms with Crippen molar-refractivity contribution in [3.05, 3.63) is 78.0 Å². The summed E-state index contributed by atoms with van der Waals surface area (Å²) >= 11 is 3.06. The molecule has 148 valence electrons. The molecule has 6 nitrogen and oxygen atoms in total. The van der Waals surface area contributed by atoms with E-state index in [-0.39, 0.29) is 12.4 Å². The summed E-state index contributed by atoms with van der Waals surface area (Å²) in [6.45, 7) is 4.43. The molecule has 0 fully saturated rings. The summed E-state index contributed by atoms with van der Waals surface area (Å²) in [7, 11) is 0. The Labute approximate surface area is 175 Å². The summed E-state index contributed by atoms with van der Waals surface area (Å²) in [5.74, 6) is 1.77. The SMILES string of the molecule is C=CCn1c(COc2ccccc2F)nnc1SCc1csc(-c2ccco2)n1. The highest BCUT2D eigenvalue weighted by Crippen LogP contribution is 2.28. The fraction of sp³-hybridized carbons (Fsp3) is 0.150. The first-order valence-electron chi connectivity index (χ1n) is 8.76. The molecular formula is C20H17FN4O2S2. The third-order valence-corrected chi connectivity index (χ3v) is 5.84. The molecule has 0 atom stereocenters. The van der Waals surface area contributed by atoms with Crippen molar-refractivity contribution < 1.29 is 13.5 Å². The molecule has 0 saturated carbocycles. The molecule has 29 heavy (non-hydrogen) atoms. The van der Waals surface area contributed by atoms with Crippen LogP contribution in [0.15, 0.2) is 70.3 Å². The van der Waals surface area contributed by atoms with Crippen molar-refractivity contribution in [2.24, 2.45) is 0 Å². The number of aromatic nitrogens is 4. The van der Waals surface area contributed by atoms with E-state index in [2.05, 4.69) is 21.8 Å². The highest BCUT2D eigenvalue weighted by atomic mass is 32.2. The minimum atomic E-state index is -0.409. The van der Waals surface area contributed by atoms with Gasteiger partial charge in [0.25, 0.3) is 0 Å². The standard InChI is InChI=1S/C20H17FN4O2S2/c1-2-9-25-18(11-27-16-7-4-3-6-15(16)21)23-24-20(25)29-13-14-12-28-19(22-14)17-8-5-10-26-17/h2-8,10,12H,1,9,11,13H2. The average Bonchev–Trinajstić information content (AvgIpc) is 3.47. The Kier molecular flexibility index (Phi) is 6.06. The number of rotatable bonds is 9. The second-order valence-electron chi connectivity index (χ2n) is 5.93. The predicted molar refractivity (Wildman–Crippen MR) is 110 cm³/mol. The lowest BCUT2D eigenvalue weighted by Crippen LogP contribution is -2.08. The zero-order valence-electron chi connectivity index (χ0n) is 15.3. The van der Waals surface area contributed by atoms with Crippen LogP contribution in [0.5, 0.6) is 5.75 Å². The molecule has 3 aromatic heterocycles. The fourth-order valence-corrected chi connectivity index (χ4v) is 4.32. The molecule has 0 aliphatic carbocycles. The van der Waals surface area contributed by atoms with Crippen LogP contribution >= 0.6 is 23.1 Å². The molecule has 0 radical (unpaired) electrons. The van der Waals surface area contributed by atoms with Crippen molar-refractivity contribution >= 4 is 23.1 Å². The summed E-state index contributed by atoms with van der Waals surface area (Å²) < 4.78 is 26.6. The summed E-state index contributed by atoms with van der Waals surface area (Å²) in [5.41, 5.74) is 0.934. The number of nitrogens with zero attached hydrogens (tertiary/aromatic N) is 4. The first-order chi connectivity index (χ1) is 14.2. The van der Waals surface area contributed by atoms with Crippen LogP contribution in [0.25, 0.3) is 10.8 Å². The summed E-state index contributed by atoms with van der Waals surface area (Å²) in [6.07, 6.45) is 3.39. The lowest BCUT2D eigenvalue weighted by molar-refractivity contribution is 0.275. The molecular weight excluding hydrogens is 411 g/mol. The van der Waals surface area contributed by atoms with Gasteiger partial charge in [0.1, 0.15) is 6.61 Å². The van der Waals surface area contributed by atoms with Crippen molar-refractivity contribution in [3.63, 3.8) is 0 Å². The van der Waals surface area contributed by atoms with Crippen LogP contribution in [0.4, 0.5) is 4.39 Å². The zero-order valence-corrected chi connectivity index (χ0v) is 17.0. The number of benzene rings is 1. The quantitative estimate of drug-likeness (QED) is 0.270. The Morgan fingerprint density at radius 3 is 2.93 bits per heavy atom. The highest BCUT2D eigenvalue weighted by molar-refractivity contribution is 7.98. The van der Waals surface area contributed by atoms with E-state index in [4.69, 9.17) is 9.15 Å². The Morgan fingerprint density at radius 2 is 2.14 bits per heavy atom. The number of ether oxygens (including phenoxy) is 1. The molecule has 0 saturated heterocycles. The summed E-state index contributed by atoms with van der Waals surface area (Å²) in [6, 6.07) is 10.0. The lowest BCUT2D eigenvalue weighted by atomic mass is 10.3. The number of halogens is 1. The van der Waals surface area contributed by atoms with Crippen molar-refractivity contribution in [1.29, 1.82) is 0 Å². The monoisotopic (exact) mass is 428 g/mol. The Hall–Kier alpha value is -2.91. The van der Waals surface area contributed by atoms with E-state index < -0.39 is 5.82 Å². The molecule has 0 bridgehead atoms. The van der Waals surface area contributed by atoms with Crippen molar-refractivity contribution in [2.75, 3.05) is 0 Å². The van der Waals surface area contributed by atoms with Crippen molar-refractivity contribution in [1.82, 2.24) is 19.7 Å². The molecule has 4 rings (SSSR count). The predicted octanol–water partition coefficient (Wildman–Crippen LogP) is 5.19. The van der Waals surface area contributed by atoms with E-state index in [1.807, 2.05) is 22.1 Å². The van der Waals surface area contributed by atoms with Gasteiger partial charge in [0.2, 0.25) is 0 Å². The number of para-hydroxylation sites is 1. The van der Waals surface area contributed by atoms with E-state index in [0.29, 0.717) is 18.1 Å². The number of thiazole rings is 1. The van der Waals surface area contributed by atoms with Crippen LogP contribution in [0, 0.1) is 5.82 Å². The van der Waals surface area contributed by atoms with Gasteiger partial charge in [-0.1, -0.05) is 30.0 Å². The molecule has 3 heterocycles. The van der Waals surface area contributed by atoms with Crippen molar-refractivity contribution in [3.8, 4) is 16.5 Å². The molecule has 4 aromatic rings. The van der Waals surface area contributed by atoms with Gasteiger partial charge in [-0.05, 0) is 24.3 Å². The molecule has 0 spiro atoms. The molecule has 0 aliphatic rings. The molecule has 0 unspecified atom stereocenters. The van der Waals surface area contributed by atoms with Gasteiger partial charge in [0.05, 0.1) is 12.0 Å². The second-order valence-corrected chi connectivity index (χ2v) is 7.73. The number of hydrogen-bond donors (Lipinski definition) is 0. The Balaban J connectivity index is 1.43. The number of furan rings is 1. The van der Waals surface area contributed by atoms with Crippen LogP contribution in [0.3, 0.4) is 0 Å². The van der Waals surface area contributed by atoms with Crippen LogP contribution in [0.1, 0.15) is 11.5 Å². The van der Waals surface area contributed by atoms with Gasteiger partial charge >= 0.3 is 0 Å².